The number of rotatable bonds is 6. The van der Waals surface area contributed by atoms with Crippen LogP contribution in [-0.4, -0.2) is 67.2 Å². The summed E-state index contributed by atoms with van der Waals surface area (Å²) in [7, 11) is 3.91. The minimum absolute atomic E-state index is 0.103. The van der Waals surface area contributed by atoms with E-state index < -0.39 is 0 Å². The Labute approximate surface area is 174 Å². The molecule has 2 atom stereocenters. The Morgan fingerprint density at radius 3 is 2.83 bits per heavy atom. The van der Waals surface area contributed by atoms with Crippen LogP contribution in [0.5, 0.6) is 0 Å². The molecule has 8 nitrogen and oxygen atoms in total. The predicted molar refractivity (Wildman–Crippen MR) is 113 cm³/mol. The number of aromatic nitrogens is 4. The van der Waals surface area contributed by atoms with Crippen molar-refractivity contribution >= 4 is 17.7 Å². The Balaban J connectivity index is 1.51. The fourth-order valence-corrected chi connectivity index (χ4v) is 5.00. The van der Waals surface area contributed by atoms with Gasteiger partial charge in [-0.3, -0.25) is 14.5 Å². The second-order valence-corrected chi connectivity index (χ2v) is 9.13. The highest BCUT2D eigenvalue weighted by Gasteiger charge is 2.36. The topological polar surface area (TPSA) is 76.3 Å². The van der Waals surface area contributed by atoms with Crippen LogP contribution in [0.15, 0.2) is 23.3 Å². The molecular formula is C20H28N6O2S. The lowest BCUT2D eigenvalue weighted by atomic mass is 9.83. The van der Waals surface area contributed by atoms with Gasteiger partial charge in [0.25, 0.3) is 5.56 Å². The van der Waals surface area contributed by atoms with Crippen LogP contribution in [0.1, 0.15) is 29.4 Å². The van der Waals surface area contributed by atoms with Gasteiger partial charge < -0.3 is 14.0 Å². The maximum atomic E-state index is 13.2. The number of piperidine rings is 1. The van der Waals surface area contributed by atoms with Gasteiger partial charge in [0.2, 0.25) is 5.91 Å². The van der Waals surface area contributed by atoms with E-state index >= 15 is 0 Å². The van der Waals surface area contributed by atoms with E-state index in [0.29, 0.717) is 31.3 Å². The molecule has 4 rings (SSSR count). The highest BCUT2D eigenvalue weighted by molar-refractivity contribution is 7.99. The number of pyridine rings is 1. The zero-order valence-corrected chi connectivity index (χ0v) is 18.1. The molecule has 0 spiro atoms. The summed E-state index contributed by atoms with van der Waals surface area (Å²) in [5, 5.41) is 8.03. The molecule has 9 heteroatoms. The molecule has 0 unspecified atom stereocenters. The average Bonchev–Trinajstić information content (AvgIpc) is 3.09. The van der Waals surface area contributed by atoms with Crippen LogP contribution >= 0.6 is 11.8 Å². The van der Waals surface area contributed by atoms with Gasteiger partial charge in [-0.1, -0.05) is 6.07 Å². The Kier molecular flexibility index (Phi) is 5.78. The van der Waals surface area contributed by atoms with Gasteiger partial charge in [-0.25, -0.2) is 0 Å². The number of thioether (sulfide) groups is 1. The molecular weight excluding hydrogens is 388 g/mol. The number of nitrogens with zero attached hydrogens (tertiary/aromatic N) is 6. The quantitative estimate of drug-likeness (QED) is 0.697. The fourth-order valence-electron chi connectivity index (χ4n) is 4.57. The van der Waals surface area contributed by atoms with E-state index in [1.165, 1.54) is 0 Å². The van der Waals surface area contributed by atoms with Gasteiger partial charge in [0, 0.05) is 50.4 Å². The monoisotopic (exact) mass is 416 g/mol. The summed E-state index contributed by atoms with van der Waals surface area (Å²) in [6, 6.07) is 4.06. The summed E-state index contributed by atoms with van der Waals surface area (Å²) in [4.78, 5) is 29.6. The van der Waals surface area contributed by atoms with E-state index in [-0.39, 0.29) is 17.4 Å². The van der Waals surface area contributed by atoms with Crippen LogP contribution in [0, 0.1) is 5.92 Å². The largest absolute Gasteiger partial charge is 0.341 e. The van der Waals surface area contributed by atoms with E-state index in [1.54, 1.807) is 18.1 Å². The first-order chi connectivity index (χ1) is 14.0. The van der Waals surface area contributed by atoms with Crippen molar-refractivity contribution in [2.75, 3.05) is 32.1 Å². The van der Waals surface area contributed by atoms with Crippen molar-refractivity contribution in [2.24, 2.45) is 13.0 Å². The zero-order chi connectivity index (χ0) is 20.5. The molecule has 0 saturated carbocycles. The summed E-state index contributed by atoms with van der Waals surface area (Å²) in [6.07, 6.45) is 4.71. The third-order valence-corrected chi connectivity index (χ3v) is 6.50. The lowest BCUT2D eigenvalue weighted by molar-refractivity contribution is -0.131. The smallest absolute Gasteiger partial charge is 0.255 e. The number of hydrogen-bond donors (Lipinski definition) is 0. The van der Waals surface area contributed by atoms with Gasteiger partial charge in [0.15, 0.2) is 0 Å². The van der Waals surface area contributed by atoms with E-state index in [9.17, 15) is 9.59 Å². The molecule has 0 aromatic carbocycles. The Morgan fingerprint density at radius 1 is 1.28 bits per heavy atom. The molecule has 2 aliphatic heterocycles. The minimum atomic E-state index is 0.103. The molecule has 2 aliphatic rings. The molecule has 0 radical (unpaired) electrons. The summed E-state index contributed by atoms with van der Waals surface area (Å²) >= 11 is 1.57. The number of fused-ring (bicyclic) bond motifs is 4. The molecule has 2 aromatic rings. The van der Waals surface area contributed by atoms with Crippen molar-refractivity contribution in [3.8, 4) is 0 Å². The van der Waals surface area contributed by atoms with Crippen molar-refractivity contribution in [3.05, 3.63) is 45.9 Å². The lowest BCUT2D eigenvalue weighted by Gasteiger charge is -2.43. The maximum Gasteiger partial charge on any atom is 0.255 e. The fraction of sp³-hybridized carbons (Fsp3) is 0.600. The lowest BCUT2D eigenvalue weighted by Crippen LogP contribution is -2.50. The summed E-state index contributed by atoms with van der Waals surface area (Å²) < 4.78 is 3.85. The first-order valence-corrected chi connectivity index (χ1v) is 11.4. The van der Waals surface area contributed by atoms with E-state index in [0.717, 1.165) is 36.6 Å². The number of carbonyl (C=O) groups is 1. The van der Waals surface area contributed by atoms with E-state index in [4.69, 9.17) is 0 Å². The molecule has 2 bridgehead atoms. The number of likely N-dealkylation sites (tertiary alicyclic amines) is 1. The van der Waals surface area contributed by atoms with Crippen LogP contribution < -0.4 is 5.56 Å². The SMILES string of the molecule is CSCC(=O)N1C[C@@H]2C[C@H](C1)c1ccc(CN(C)Cc3nncn3C)c(=O)n1C2. The molecule has 0 aliphatic carbocycles. The molecule has 2 aromatic heterocycles. The van der Waals surface area contributed by atoms with Crippen molar-refractivity contribution in [3.63, 3.8) is 0 Å². The van der Waals surface area contributed by atoms with Crippen LogP contribution in [-0.2, 0) is 31.5 Å². The van der Waals surface area contributed by atoms with Crippen LogP contribution in [0.2, 0.25) is 0 Å². The molecule has 29 heavy (non-hydrogen) atoms. The molecule has 1 fully saturated rings. The highest BCUT2D eigenvalue weighted by atomic mass is 32.2. The molecule has 1 amide bonds. The predicted octanol–water partition coefficient (Wildman–Crippen LogP) is 0.918. The van der Waals surface area contributed by atoms with E-state index in [2.05, 4.69) is 21.2 Å². The first kappa shape index (κ1) is 20.2. The van der Waals surface area contributed by atoms with Crippen LogP contribution in [0.4, 0.5) is 0 Å². The van der Waals surface area contributed by atoms with Crippen LogP contribution in [0.3, 0.4) is 0 Å². The maximum absolute atomic E-state index is 13.2. The van der Waals surface area contributed by atoms with Crippen molar-refractivity contribution in [1.29, 1.82) is 0 Å². The van der Waals surface area contributed by atoms with Crippen molar-refractivity contribution < 1.29 is 4.79 Å². The number of amides is 1. The van der Waals surface area contributed by atoms with Gasteiger partial charge >= 0.3 is 0 Å². The summed E-state index contributed by atoms with van der Waals surface area (Å²) in [6.45, 7) is 3.39. The summed E-state index contributed by atoms with van der Waals surface area (Å²) in [5.74, 6) is 2.23. The minimum Gasteiger partial charge on any atom is -0.341 e. The third-order valence-electron chi connectivity index (χ3n) is 5.96. The van der Waals surface area contributed by atoms with Gasteiger partial charge in [0.05, 0.1) is 12.3 Å². The van der Waals surface area contributed by atoms with Gasteiger partial charge in [-0.05, 0) is 31.7 Å². The second kappa shape index (κ2) is 8.31. The second-order valence-electron chi connectivity index (χ2n) is 8.26. The first-order valence-electron chi connectivity index (χ1n) is 9.97. The standard InChI is InChI=1S/C20H28N6O2S/c1-23(11-18-22-21-13-24(18)2)9-15-4-5-17-16-6-14(8-26(17)20(15)28)7-25(10-16)19(27)12-29-3/h4-5,13-14,16H,6-12H2,1-3H3/t14-,16+/m0/s1. The average molecular weight is 417 g/mol. The molecule has 156 valence electrons. The highest BCUT2D eigenvalue weighted by Crippen LogP contribution is 2.35. The van der Waals surface area contributed by atoms with Crippen LogP contribution in [0.25, 0.3) is 0 Å². The number of hydrogen-bond acceptors (Lipinski definition) is 6. The molecule has 4 heterocycles. The van der Waals surface area contributed by atoms with E-state index in [1.807, 2.05) is 40.5 Å². The Hall–Kier alpha value is -2.13. The van der Waals surface area contributed by atoms with Crippen molar-refractivity contribution in [2.45, 2.75) is 32.0 Å². The molecule has 0 N–H and O–H groups in total. The summed E-state index contributed by atoms with van der Waals surface area (Å²) in [5.41, 5.74) is 1.98. The Morgan fingerprint density at radius 2 is 2.10 bits per heavy atom. The third kappa shape index (κ3) is 4.11. The van der Waals surface area contributed by atoms with Gasteiger partial charge in [-0.15, -0.1) is 10.2 Å². The van der Waals surface area contributed by atoms with Gasteiger partial charge in [-0.2, -0.15) is 11.8 Å². The normalized spacial score (nSPS) is 20.8. The molecule has 1 saturated heterocycles. The zero-order valence-electron chi connectivity index (χ0n) is 17.2. The Bertz CT molecular complexity index is 955. The van der Waals surface area contributed by atoms with Gasteiger partial charge in [0.1, 0.15) is 12.2 Å². The number of aryl methyl sites for hydroxylation is 1. The number of carbonyl (C=O) groups excluding carboxylic acids is 1. The van der Waals surface area contributed by atoms with Crippen molar-refractivity contribution in [1.82, 2.24) is 29.1 Å².